The fourth-order valence-corrected chi connectivity index (χ4v) is 2.39. The summed E-state index contributed by atoms with van der Waals surface area (Å²) in [6.45, 7) is 2.54. The summed E-state index contributed by atoms with van der Waals surface area (Å²) < 4.78 is 16.1. The number of para-hydroxylation sites is 1. The predicted octanol–water partition coefficient (Wildman–Crippen LogP) is 1.42. The lowest BCUT2D eigenvalue weighted by molar-refractivity contribution is -0.143. The number of hydrogen-bond donors (Lipinski definition) is 1. The van der Waals surface area contributed by atoms with Gasteiger partial charge in [-0.3, -0.25) is 9.59 Å². The van der Waals surface area contributed by atoms with Crippen molar-refractivity contribution < 1.29 is 28.9 Å². The van der Waals surface area contributed by atoms with Gasteiger partial charge in [-0.2, -0.15) is 0 Å². The predicted molar refractivity (Wildman–Crippen MR) is 87.2 cm³/mol. The van der Waals surface area contributed by atoms with Gasteiger partial charge >= 0.3 is 5.97 Å². The van der Waals surface area contributed by atoms with Crippen LogP contribution in [0, 0.1) is 0 Å². The Balaban J connectivity index is 2.23. The van der Waals surface area contributed by atoms with Crippen molar-refractivity contribution in [1.29, 1.82) is 0 Å². The summed E-state index contributed by atoms with van der Waals surface area (Å²) in [5.41, 5.74) is 1.13. The third kappa shape index (κ3) is 4.26. The number of benzene rings is 1. The normalized spacial score (nSPS) is 12.7. The van der Waals surface area contributed by atoms with Gasteiger partial charge in [0.2, 0.25) is 0 Å². The molecule has 1 aromatic carbocycles. The van der Waals surface area contributed by atoms with Crippen LogP contribution in [0.1, 0.15) is 12.5 Å². The average Bonchev–Trinajstić information content (AvgIpc) is 2.57. The molecule has 0 fully saturated rings. The molecule has 7 heteroatoms. The van der Waals surface area contributed by atoms with Crippen LogP contribution in [0.15, 0.2) is 23.8 Å². The molecule has 1 N–H and O–H groups in total. The Labute approximate surface area is 140 Å². The lowest BCUT2D eigenvalue weighted by Gasteiger charge is -2.25. The van der Waals surface area contributed by atoms with Gasteiger partial charge in [-0.1, -0.05) is 12.1 Å². The Hall–Kier alpha value is -2.54. The molecular formula is C17H21NO6. The first-order chi connectivity index (χ1) is 11.6. The summed E-state index contributed by atoms with van der Waals surface area (Å²) in [5, 5.41) is 8.98. The van der Waals surface area contributed by atoms with E-state index in [2.05, 4.69) is 0 Å². The molecule has 24 heavy (non-hydrogen) atoms. The van der Waals surface area contributed by atoms with E-state index in [0.29, 0.717) is 23.7 Å². The van der Waals surface area contributed by atoms with E-state index in [0.717, 1.165) is 5.56 Å². The third-order valence-corrected chi connectivity index (χ3v) is 3.46. The molecule has 0 saturated heterocycles. The third-order valence-electron chi connectivity index (χ3n) is 3.46. The van der Waals surface area contributed by atoms with E-state index >= 15 is 0 Å². The number of carboxylic acid groups (broad SMARTS) is 1. The Morgan fingerprint density at radius 1 is 1.38 bits per heavy atom. The van der Waals surface area contributed by atoms with Crippen LogP contribution < -0.4 is 9.47 Å². The van der Waals surface area contributed by atoms with Gasteiger partial charge in [-0.25, -0.2) is 0 Å². The largest absolute Gasteiger partial charge is 0.490 e. The number of nitrogens with zero attached hydrogens (tertiary/aromatic N) is 1. The van der Waals surface area contributed by atoms with Gasteiger partial charge in [0.1, 0.15) is 13.2 Å². The summed E-state index contributed by atoms with van der Waals surface area (Å²) >= 11 is 0. The minimum atomic E-state index is -1.07. The quantitative estimate of drug-likeness (QED) is 0.773. The van der Waals surface area contributed by atoms with Gasteiger partial charge < -0.3 is 24.2 Å². The lowest BCUT2D eigenvalue weighted by Crippen LogP contribution is -2.40. The highest BCUT2D eigenvalue weighted by Gasteiger charge is 2.25. The van der Waals surface area contributed by atoms with Crippen LogP contribution in [0.5, 0.6) is 11.5 Å². The van der Waals surface area contributed by atoms with Crippen molar-refractivity contribution in [2.24, 2.45) is 0 Å². The van der Waals surface area contributed by atoms with Crippen molar-refractivity contribution in [1.82, 2.24) is 4.90 Å². The zero-order valence-corrected chi connectivity index (χ0v) is 13.8. The van der Waals surface area contributed by atoms with Crippen molar-refractivity contribution in [3.63, 3.8) is 0 Å². The summed E-state index contributed by atoms with van der Waals surface area (Å²) in [4.78, 5) is 24.8. The van der Waals surface area contributed by atoms with Crippen LogP contribution in [-0.2, 0) is 14.3 Å². The molecule has 130 valence electrons. The first-order valence-corrected chi connectivity index (χ1v) is 7.66. The standard InChI is InChI=1S/C17H21NO6/c1-3-23-14-6-4-5-12-9-13(11-24-16(12)14)17(21)18(7-8-22-2)10-15(19)20/h4-6,9H,3,7-8,10-11H2,1-2H3,(H,19,20). The fourth-order valence-electron chi connectivity index (χ4n) is 2.39. The van der Waals surface area contributed by atoms with Gasteiger partial charge in [0, 0.05) is 19.2 Å². The van der Waals surface area contributed by atoms with E-state index in [-0.39, 0.29) is 32.2 Å². The molecule has 7 nitrogen and oxygen atoms in total. The number of carboxylic acids is 1. The zero-order chi connectivity index (χ0) is 17.5. The molecule has 0 bridgehead atoms. The highest BCUT2D eigenvalue weighted by Crippen LogP contribution is 2.36. The fraction of sp³-hybridized carbons (Fsp3) is 0.412. The van der Waals surface area contributed by atoms with Crippen LogP contribution in [0.3, 0.4) is 0 Å². The highest BCUT2D eigenvalue weighted by atomic mass is 16.5. The molecule has 0 aliphatic carbocycles. The average molecular weight is 335 g/mol. The number of rotatable bonds is 8. The van der Waals surface area contributed by atoms with Gasteiger partial charge in [0.15, 0.2) is 11.5 Å². The topological polar surface area (TPSA) is 85.3 Å². The molecule has 1 aliphatic rings. The van der Waals surface area contributed by atoms with Crippen LogP contribution >= 0.6 is 0 Å². The number of carbonyl (C=O) groups excluding carboxylic acids is 1. The van der Waals surface area contributed by atoms with Gasteiger partial charge in [-0.15, -0.1) is 0 Å². The van der Waals surface area contributed by atoms with E-state index in [4.69, 9.17) is 19.3 Å². The lowest BCUT2D eigenvalue weighted by atomic mass is 10.1. The van der Waals surface area contributed by atoms with E-state index in [1.165, 1.54) is 12.0 Å². The second-order valence-corrected chi connectivity index (χ2v) is 5.18. The van der Waals surface area contributed by atoms with Crippen molar-refractivity contribution in [3.05, 3.63) is 29.3 Å². The number of fused-ring (bicyclic) bond motifs is 1. The summed E-state index contributed by atoms with van der Waals surface area (Å²) in [7, 11) is 1.50. The summed E-state index contributed by atoms with van der Waals surface area (Å²) in [5.74, 6) is -0.227. The minimum absolute atomic E-state index is 0.0685. The molecule has 0 unspecified atom stereocenters. The summed E-state index contributed by atoms with van der Waals surface area (Å²) in [6.07, 6.45) is 1.71. The zero-order valence-electron chi connectivity index (χ0n) is 13.8. The maximum absolute atomic E-state index is 12.6. The molecule has 1 aliphatic heterocycles. The highest BCUT2D eigenvalue weighted by molar-refractivity contribution is 6.00. The number of carbonyl (C=O) groups is 2. The second kappa shape index (κ2) is 8.35. The number of methoxy groups -OCH3 is 1. The van der Waals surface area contributed by atoms with Gasteiger partial charge in [0.05, 0.1) is 18.8 Å². The molecular weight excluding hydrogens is 314 g/mol. The molecule has 1 aromatic rings. The first-order valence-electron chi connectivity index (χ1n) is 7.66. The molecule has 0 aromatic heterocycles. The van der Waals surface area contributed by atoms with Crippen LogP contribution in [-0.4, -0.2) is 61.9 Å². The molecule has 0 radical (unpaired) electrons. The SMILES string of the molecule is CCOc1cccc2c1OCC(C(=O)N(CCOC)CC(=O)O)=C2. The Morgan fingerprint density at radius 2 is 2.17 bits per heavy atom. The van der Waals surface area contributed by atoms with Crippen molar-refractivity contribution >= 4 is 18.0 Å². The van der Waals surface area contributed by atoms with Crippen LogP contribution in [0.4, 0.5) is 0 Å². The Morgan fingerprint density at radius 3 is 2.83 bits per heavy atom. The molecule has 0 atom stereocenters. The van der Waals surface area contributed by atoms with Gasteiger partial charge in [-0.05, 0) is 19.1 Å². The molecule has 1 amide bonds. The van der Waals surface area contributed by atoms with Crippen molar-refractivity contribution in [3.8, 4) is 11.5 Å². The first kappa shape index (κ1) is 17.8. The smallest absolute Gasteiger partial charge is 0.323 e. The molecule has 0 saturated carbocycles. The maximum atomic E-state index is 12.6. The van der Waals surface area contributed by atoms with Crippen molar-refractivity contribution in [2.75, 3.05) is 40.0 Å². The van der Waals surface area contributed by atoms with E-state index in [9.17, 15) is 9.59 Å². The van der Waals surface area contributed by atoms with Crippen LogP contribution in [0.2, 0.25) is 0 Å². The molecule has 1 heterocycles. The van der Waals surface area contributed by atoms with E-state index in [1.807, 2.05) is 19.1 Å². The van der Waals surface area contributed by atoms with E-state index in [1.54, 1.807) is 12.1 Å². The van der Waals surface area contributed by atoms with Crippen molar-refractivity contribution in [2.45, 2.75) is 6.92 Å². The Kier molecular flexibility index (Phi) is 6.20. The number of hydrogen-bond acceptors (Lipinski definition) is 5. The minimum Gasteiger partial charge on any atom is -0.490 e. The number of ether oxygens (including phenoxy) is 3. The number of amides is 1. The molecule has 2 rings (SSSR count). The van der Waals surface area contributed by atoms with Gasteiger partial charge in [0.25, 0.3) is 5.91 Å². The number of aliphatic carboxylic acids is 1. The monoisotopic (exact) mass is 335 g/mol. The van der Waals surface area contributed by atoms with Crippen LogP contribution in [0.25, 0.3) is 6.08 Å². The Bertz CT molecular complexity index is 640. The van der Waals surface area contributed by atoms with E-state index < -0.39 is 5.97 Å². The molecule has 0 spiro atoms. The second-order valence-electron chi connectivity index (χ2n) is 5.18. The maximum Gasteiger partial charge on any atom is 0.323 e. The summed E-state index contributed by atoms with van der Waals surface area (Å²) in [6, 6.07) is 5.44.